The molecule has 0 aromatic heterocycles. The maximum absolute atomic E-state index is 12.7. The molecule has 1 atom stereocenters. The van der Waals surface area contributed by atoms with Gasteiger partial charge in [0, 0.05) is 18.8 Å². The van der Waals surface area contributed by atoms with Crippen LogP contribution in [-0.2, 0) is 16.1 Å². The quantitative estimate of drug-likeness (QED) is 0.769. The molecule has 1 unspecified atom stereocenters. The van der Waals surface area contributed by atoms with Crippen LogP contribution in [-0.4, -0.2) is 36.5 Å². The predicted molar refractivity (Wildman–Crippen MR) is 110 cm³/mol. The third kappa shape index (κ3) is 5.42. The van der Waals surface area contributed by atoms with Gasteiger partial charge >= 0.3 is 5.97 Å². The normalized spacial score (nSPS) is 17.1. The van der Waals surface area contributed by atoms with Gasteiger partial charge in [0.1, 0.15) is 0 Å². The largest absolute Gasteiger partial charge is 0.462 e. The summed E-state index contributed by atoms with van der Waals surface area (Å²) in [5.41, 5.74) is 3.74. The van der Waals surface area contributed by atoms with Crippen molar-refractivity contribution in [1.82, 2.24) is 4.90 Å². The van der Waals surface area contributed by atoms with Crippen molar-refractivity contribution < 1.29 is 14.3 Å². The van der Waals surface area contributed by atoms with Gasteiger partial charge in [-0.1, -0.05) is 29.8 Å². The van der Waals surface area contributed by atoms with Gasteiger partial charge in [0.25, 0.3) is 0 Å². The third-order valence-corrected chi connectivity index (χ3v) is 5.03. The fourth-order valence-electron chi connectivity index (χ4n) is 3.63. The Hall–Kier alpha value is -2.66. The Kier molecular flexibility index (Phi) is 6.82. The minimum atomic E-state index is -0.348. The van der Waals surface area contributed by atoms with Gasteiger partial charge in [-0.3, -0.25) is 9.69 Å². The van der Waals surface area contributed by atoms with E-state index in [0.29, 0.717) is 17.9 Å². The van der Waals surface area contributed by atoms with Crippen molar-refractivity contribution in [3.05, 3.63) is 65.2 Å². The van der Waals surface area contributed by atoms with E-state index in [1.165, 1.54) is 11.1 Å². The maximum atomic E-state index is 12.7. The molecule has 5 nitrogen and oxygen atoms in total. The lowest BCUT2D eigenvalue weighted by Crippen LogP contribution is -2.40. The lowest BCUT2D eigenvalue weighted by Gasteiger charge is -2.32. The molecule has 0 bridgehead atoms. The van der Waals surface area contributed by atoms with E-state index in [2.05, 4.69) is 41.4 Å². The van der Waals surface area contributed by atoms with Crippen LogP contribution in [0, 0.1) is 12.8 Å². The average molecular weight is 380 g/mol. The number of aryl methyl sites for hydroxylation is 1. The standard InChI is InChI=1S/C23H28N2O3/c1-3-28-23(27)19-9-11-21(12-10-19)24-22(26)20-8-5-13-25(16-20)15-18-7-4-6-17(2)14-18/h4,6-7,9-12,14,20H,3,5,8,13,15-16H2,1-2H3,(H,24,26). The number of likely N-dealkylation sites (tertiary alicyclic amines) is 1. The summed E-state index contributed by atoms with van der Waals surface area (Å²) in [6.07, 6.45) is 1.92. The van der Waals surface area contributed by atoms with Gasteiger partial charge in [-0.2, -0.15) is 0 Å². The molecule has 148 valence electrons. The van der Waals surface area contributed by atoms with Gasteiger partial charge in [0.15, 0.2) is 0 Å². The van der Waals surface area contributed by atoms with Crippen LogP contribution in [0.25, 0.3) is 0 Å². The minimum Gasteiger partial charge on any atom is -0.462 e. The zero-order valence-electron chi connectivity index (χ0n) is 16.6. The molecule has 1 amide bonds. The Morgan fingerprint density at radius 2 is 1.96 bits per heavy atom. The summed E-state index contributed by atoms with van der Waals surface area (Å²) < 4.78 is 4.98. The molecule has 2 aromatic rings. The Balaban J connectivity index is 1.55. The minimum absolute atomic E-state index is 0.0247. The number of amides is 1. The number of nitrogens with zero attached hydrogens (tertiary/aromatic N) is 1. The molecule has 1 saturated heterocycles. The molecule has 28 heavy (non-hydrogen) atoms. The number of hydrogen-bond acceptors (Lipinski definition) is 4. The van der Waals surface area contributed by atoms with Crippen LogP contribution in [0.2, 0.25) is 0 Å². The first-order chi connectivity index (χ1) is 13.5. The molecule has 5 heteroatoms. The van der Waals surface area contributed by atoms with Gasteiger partial charge in [-0.15, -0.1) is 0 Å². The molecule has 1 N–H and O–H groups in total. The summed E-state index contributed by atoms with van der Waals surface area (Å²) in [5, 5.41) is 2.99. The van der Waals surface area contributed by atoms with Gasteiger partial charge in [0.05, 0.1) is 18.1 Å². The van der Waals surface area contributed by atoms with Crippen LogP contribution >= 0.6 is 0 Å². The number of anilines is 1. The summed E-state index contributed by atoms with van der Waals surface area (Å²) in [4.78, 5) is 26.8. The Morgan fingerprint density at radius 3 is 2.68 bits per heavy atom. The molecular formula is C23H28N2O3. The van der Waals surface area contributed by atoms with E-state index in [9.17, 15) is 9.59 Å². The average Bonchev–Trinajstić information content (AvgIpc) is 2.69. The van der Waals surface area contributed by atoms with Gasteiger partial charge < -0.3 is 10.1 Å². The summed E-state index contributed by atoms with van der Waals surface area (Å²) >= 11 is 0. The second-order valence-electron chi connectivity index (χ2n) is 7.35. The Bertz CT molecular complexity index is 817. The molecular weight excluding hydrogens is 352 g/mol. The number of ether oxygens (including phenoxy) is 1. The first kappa shape index (κ1) is 20.1. The lowest BCUT2D eigenvalue weighted by atomic mass is 9.96. The maximum Gasteiger partial charge on any atom is 0.338 e. The highest BCUT2D eigenvalue weighted by Gasteiger charge is 2.26. The van der Waals surface area contributed by atoms with E-state index in [0.717, 1.165) is 32.5 Å². The first-order valence-corrected chi connectivity index (χ1v) is 9.91. The summed E-state index contributed by atoms with van der Waals surface area (Å²) in [6, 6.07) is 15.4. The topological polar surface area (TPSA) is 58.6 Å². The zero-order chi connectivity index (χ0) is 19.9. The van der Waals surface area contributed by atoms with Crippen molar-refractivity contribution in [2.75, 3.05) is 25.0 Å². The van der Waals surface area contributed by atoms with Gasteiger partial charge in [-0.05, 0) is 63.1 Å². The highest BCUT2D eigenvalue weighted by molar-refractivity contribution is 5.94. The SMILES string of the molecule is CCOC(=O)c1ccc(NC(=O)C2CCCN(Cc3cccc(C)c3)C2)cc1. The van der Waals surface area contributed by atoms with E-state index in [1.807, 2.05) is 0 Å². The molecule has 0 spiro atoms. The van der Waals surface area contributed by atoms with E-state index in [1.54, 1.807) is 31.2 Å². The first-order valence-electron chi connectivity index (χ1n) is 9.91. The molecule has 3 rings (SSSR count). The summed E-state index contributed by atoms with van der Waals surface area (Å²) in [7, 11) is 0. The van der Waals surface area contributed by atoms with Crippen molar-refractivity contribution in [1.29, 1.82) is 0 Å². The summed E-state index contributed by atoms with van der Waals surface area (Å²) in [6.45, 7) is 6.88. The molecule has 0 radical (unpaired) electrons. The van der Waals surface area contributed by atoms with Crippen molar-refractivity contribution in [2.45, 2.75) is 33.2 Å². The van der Waals surface area contributed by atoms with Crippen molar-refractivity contribution in [3.63, 3.8) is 0 Å². The molecule has 2 aromatic carbocycles. The molecule has 1 aliphatic rings. The van der Waals surface area contributed by atoms with Gasteiger partial charge in [0.2, 0.25) is 5.91 Å². The number of hydrogen-bond donors (Lipinski definition) is 1. The second kappa shape index (κ2) is 9.51. The van der Waals surface area contributed by atoms with Crippen molar-refractivity contribution in [2.24, 2.45) is 5.92 Å². The number of carbonyl (C=O) groups is 2. The highest BCUT2D eigenvalue weighted by Crippen LogP contribution is 2.21. The molecule has 1 fully saturated rings. The fraction of sp³-hybridized carbons (Fsp3) is 0.391. The number of piperidine rings is 1. The monoisotopic (exact) mass is 380 g/mol. The molecule has 0 saturated carbocycles. The highest BCUT2D eigenvalue weighted by atomic mass is 16.5. The van der Waals surface area contributed by atoms with E-state index >= 15 is 0 Å². The second-order valence-corrected chi connectivity index (χ2v) is 7.35. The van der Waals surface area contributed by atoms with E-state index in [-0.39, 0.29) is 17.8 Å². The van der Waals surface area contributed by atoms with E-state index < -0.39 is 0 Å². The fourth-order valence-corrected chi connectivity index (χ4v) is 3.63. The number of rotatable bonds is 6. The van der Waals surface area contributed by atoms with Crippen LogP contribution in [0.5, 0.6) is 0 Å². The zero-order valence-corrected chi connectivity index (χ0v) is 16.6. The predicted octanol–water partition coefficient (Wildman–Crippen LogP) is 4.02. The van der Waals surface area contributed by atoms with Crippen LogP contribution in [0.1, 0.15) is 41.3 Å². The van der Waals surface area contributed by atoms with Crippen LogP contribution in [0.15, 0.2) is 48.5 Å². The lowest BCUT2D eigenvalue weighted by molar-refractivity contribution is -0.121. The van der Waals surface area contributed by atoms with Crippen LogP contribution in [0.4, 0.5) is 5.69 Å². The van der Waals surface area contributed by atoms with E-state index in [4.69, 9.17) is 4.74 Å². The molecule has 1 aliphatic heterocycles. The smallest absolute Gasteiger partial charge is 0.338 e. The number of esters is 1. The van der Waals surface area contributed by atoms with Gasteiger partial charge in [-0.25, -0.2) is 4.79 Å². The van der Waals surface area contributed by atoms with Crippen molar-refractivity contribution in [3.8, 4) is 0 Å². The number of nitrogens with one attached hydrogen (secondary N) is 1. The van der Waals surface area contributed by atoms with Crippen molar-refractivity contribution >= 4 is 17.6 Å². The van der Waals surface area contributed by atoms with Crippen LogP contribution in [0.3, 0.4) is 0 Å². The summed E-state index contributed by atoms with van der Waals surface area (Å²) in [5.74, 6) is -0.333. The Morgan fingerprint density at radius 1 is 1.18 bits per heavy atom. The molecule has 1 heterocycles. The number of carbonyl (C=O) groups excluding carboxylic acids is 2. The van der Waals surface area contributed by atoms with Crippen LogP contribution < -0.4 is 5.32 Å². The molecule has 0 aliphatic carbocycles. The third-order valence-electron chi connectivity index (χ3n) is 5.03. The Labute approximate surface area is 166 Å². The number of benzene rings is 2.